The van der Waals surface area contributed by atoms with Crippen molar-refractivity contribution in [3.63, 3.8) is 0 Å². The highest BCUT2D eigenvalue weighted by atomic mass is 35.5. The number of carbonyl (C=O) groups is 1. The molecule has 0 atom stereocenters. The summed E-state index contributed by atoms with van der Waals surface area (Å²) in [5.74, 6) is 1.36. The first-order chi connectivity index (χ1) is 12.5. The van der Waals surface area contributed by atoms with Gasteiger partial charge in [-0.05, 0) is 48.9 Å². The number of aryl methyl sites for hydroxylation is 2. The molecular formula is C19H18ClN3O3. The molecule has 134 valence electrons. The average molecular weight is 372 g/mol. The molecule has 3 aromatic rings. The van der Waals surface area contributed by atoms with Gasteiger partial charge in [0.05, 0.1) is 0 Å². The number of hydrogen-bond donors (Lipinski definition) is 1. The number of hydrogen-bond acceptors (Lipinski definition) is 5. The van der Waals surface area contributed by atoms with Gasteiger partial charge in [0.15, 0.2) is 6.61 Å². The number of nitrogens with zero attached hydrogens (tertiary/aromatic N) is 2. The molecule has 0 fully saturated rings. The van der Waals surface area contributed by atoms with Gasteiger partial charge in [0.25, 0.3) is 5.91 Å². The third-order valence-corrected chi connectivity index (χ3v) is 4.10. The molecule has 2 aromatic carbocycles. The summed E-state index contributed by atoms with van der Waals surface area (Å²) in [5.41, 5.74) is 2.38. The number of halogens is 1. The highest BCUT2D eigenvalue weighted by molar-refractivity contribution is 6.31. The molecule has 0 aliphatic carbocycles. The number of ether oxygens (including phenoxy) is 1. The number of aromatic nitrogens is 2. The summed E-state index contributed by atoms with van der Waals surface area (Å²) in [7, 11) is 0. The van der Waals surface area contributed by atoms with E-state index in [1.54, 1.807) is 36.4 Å². The van der Waals surface area contributed by atoms with Gasteiger partial charge in [0.2, 0.25) is 11.8 Å². The Labute approximate surface area is 156 Å². The lowest BCUT2D eigenvalue weighted by Crippen LogP contribution is -2.20. The van der Waals surface area contributed by atoms with Crippen molar-refractivity contribution in [3.05, 3.63) is 58.9 Å². The third-order valence-electron chi connectivity index (χ3n) is 3.70. The molecule has 26 heavy (non-hydrogen) atoms. The minimum Gasteiger partial charge on any atom is -0.484 e. The van der Waals surface area contributed by atoms with Gasteiger partial charge in [-0.15, -0.1) is 10.2 Å². The third kappa shape index (κ3) is 4.40. The fraction of sp³-hybridized carbons (Fsp3) is 0.211. The standard InChI is InChI=1S/C19H18ClN3O3/c1-3-18-22-23-19(26-18)13-5-8-15(9-6-13)25-11-17(24)21-14-7-4-12(2)16(20)10-14/h4-10H,3,11H2,1-2H3,(H,21,24). The maximum absolute atomic E-state index is 12.0. The summed E-state index contributed by atoms with van der Waals surface area (Å²) in [5, 5.41) is 11.3. The van der Waals surface area contributed by atoms with Crippen LogP contribution in [0.2, 0.25) is 5.02 Å². The second-order valence-corrected chi connectivity index (χ2v) is 6.09. The Hall–Kier alpha value is -2.86. The first kappa shape index (κ1) is 17.9. The van der Waals surface area contributed by atoms with Gasteiger partial charge in [0, 0.05) is 22.7 Å². The first-order valence-electron chi connectivity index (χ1n) is 8.16. The SMILES string of the molecule is CCc1nnc(-c2ccc(OCC(=O)Nc3ccc(C)c(Cl)c3)cc2)o1. The Morgan fingerprint density at radius 3 is 2.62 bits per heavy atom. The summed E-state index contributed by atoms with van der Waals surface area (Å²) < 4.78 is 11.0. The van der Waals surface area contributed by atoms with Crippen LogP contribution in [0.4, 0.5) is 5.69 Å². The van der Waals surface area contributed by atoms with Gasteiger partial charge in [-0.3, -0.25) is 4.79 Å². The van der Waals surface area contributed by atoms with Crippen molar-refractivity contribution in [2.75, 3.05) is 11.9 Å². The zero-order valence-corrected chi connectivity index (χ0v) is 15.2. The number of amides is 1. The van der Waals surface area contributed by atoms with Crippen LogP contribution >= 0.6 is 11.6 Å². The van der Waals surface area contributed by atoms with Crippen molar-refractivity contribution in [1.29, 1.82) is 0 Å². The lowest BCUT2D eigenvalue weighted by atomic mass is 10.2. The van der Waals surface area contributed by atoms with Crippen molar-refractivity contribution in [2.45, 2.75) is 20.3 Å². The van der Waals surface area contributed by atoms with Crippen LogP contribution in [0.3, 0.4) is 0 Å². The molecule has 0 unspecified atom stereocenters. The van der Waals surface area contributed by atoms with Crippen LogP contribution in [0.1, 0.15) is 18.4 Å². The summed E-state index contributed by atoms with van der Waals surface area (Å²) >= 11 is 6.05. The van der Waals surface area contributed by atoms with Gasteiger partial charge in [-0.2, -0.15) is 0 Å². The number of carbonyl (C=O) groups excluding carboxylic acids is 1. The molecule has 1 heterocycles. The lowest BCUT2D eigenvalue weighted by molar-refractivity contribution is -0.118. The van der Waals surface area contributed by atoms with E-state index in [1.807, 2.05) is 19.9 Å². The molecule has 1 N–H and O–H groups in total. The molecule has 0 saturated carbocycles. The van der Waals surface area contributed by atoms with Crippen molar-refractivity contribution >= 4 is 23.2 Å². The fourth-order valence-electron chi connectivity index (χ4n) is 2.22. The highest BCUT2D eigenvalue weighted by Gasteiger charge is 2.08. The van der Waals surface area contributed by atoms with Crippen molar-refractivity contribution < 1.29 is 13.9 Å². The maximum atomic E-state index is 12.0. The molecule has 7 heteroatoms. The average Bonchev–Trinajstić information content (AvgIpc) is 3.13. The predicted octanol–water partition coefficient (Wildman–Crippen LogP) is 4.28. The van der Waals surface area contributed by atoms with E-state index in [2.05, 4.69) is 15.5 Å². The van der Waals surface area contributed by atoms with Crippen LogP contribution in [0, 0.1) is 6.92 Å². The van der Waals surface area contributed by atoms with Crippen molar-refractivity contribution in [2.24, 2.45) is 0 Å². The summed E-state index contributed by atoms with van der Waals surface area (Å²) in [6, 6.07) is 12.5. The molecule has 1 aromatic heterocycles. The van der Waals surface area contributed by atoms with E-state index in [9.17, 15) is 4.79 Å². The second-order valence-electron chi connectivity index (χ2n) is 5.68. The Balaban J connectivity index is 1.55. The fourth-order valence-corrected chi connectivity index (χ4v) is 2.40. The molecule has 0 aliphatic heterocycles. The Morgan fingerprint density at radius 1 is 1.19 bits per heavy atom. The highest BCUT2D eigenvalue weighted by Crippen LogP contribution is 2.22. The molecule has 0 spiro atoms. The number of nitrogens with one attached hydrogen (secondary N) is 1. The molecule has 0 radical (unpaired) electrons. The first-order valence-corrected chi connectivity index (χ1v) is 8.54. The van der Waals surface area contributed by atoms with Crippen LogP contribution < -0.4 is 10.1 Å². The number of anilines is 1. The molecule has 0 saturated heterocycles. The van der Waals surface area contributed by atoms with Crippen molar-refractivity contribution in [1.82, 2.24) is 10.2 Å². The van der Waals surface area contributed by atoms with Crippen LogP contribution in [0.5, 0.6) is 5.75 Å². The normalized spacial score (nSPS) is 10.6. The summed E-state index contributed by atoms with van der Waals surface area (Å²) in [6.07, 6.45) is 0.690. The van der Waals surface area contributed by atoms with E-state index < -0.39 is 0 Å². The molecule has 6 nitrogen and oxygen atoms in total. The largest absolute Gasteiger partial charge is 0.484 e. The molecule has 0 bridgehead atoms. The molecule has 1 amide bonds. The van der Waals surface area contributed by atoms with E-state index in [0.29, 0.717) is 34.7 Å². The van der Waals surface area contributed by atoms with E-state index in [4.69, 9.17) is 20.8 Å². The van der Waals surface area contributed by atoms with Crippen LogP contribution in [0.15, 0.2) is 46.9 Å². The summed E-state index contributed by atoms with van der Waals surface area (Å²) in [6.45, 7) is 3.74. The van der Waals surface area contributed by atoms with Crippen LogP contribution in [0.25, 0.3) is 11.5 Å². The molecule has 3 rings (SSSR count). The monoisotopic (exact) mass is 371 g/mol. The maximum Gasteiger partial charge on any atom is 0.262 e. The predicted molar refractivity (Wildman–Crippen MR) is 99.4 cm³/mol. The topological polar surface area (TPSA) is 77.2 Å². The van der Waals surface area contributed by atoms with E-state index >= 15 is 0 Å². The van der Waals surface area contributed by atoms with E-state index in [0.717, 1.165) is 11.1 Å². The van der Waals surface area contributed by atoms with Gasteiger partial charge < -0.3 is 14.5 Å². The Kier molecular flexibility index (Phi) is 5.53. The summed E-state index contributed by atoms with van der Waals surface area (Å²) in [4.78, 5) is 12.0. The van der Waals surface area contributed by atoms with Crippen molar-refractivity contribution in [3.8, 4) is 17.2 Å². The molecule has 0 aliphatic rings. The minimum absolute atomic E-state index is 0.106. The lowest BCUT2D eigenvalue weighted by Gasteiger charge is -2.08. The number of rotatable bonds is 6. The Morgan fingerprint density at radius 2 is 1.96 bits per heavy atom. The second kappa shape index (κ2) is 8.01. The minimum atomic E-state index is -0.265. The van der Waals surface area contributed by atoms with E-state index in [1.165, 1.54) is 0 Å². The zero-order valence-electron chi connectivity index (χ0n) is 14.5. The quantitative estimate of drug-likeness (QED) is 0.699. The smallest absolute Gasteiger partial charge is 0.262 e. The van der Waals surface area contributed by atoms with Gasteiger partial charge in [0.1, 0.15) is 5.75 Å². The van der Waals surface area contributed by atoms with Gasteiger partial charge >= 0.3 is 0 Å². The van der Waals surface area contributed by atoms with Crippen LogP contribution in [-0.4, -0.2) is 22.7 Å². The Bertz CT molecular complexity index is 907. The molecular weight excluding hydrogens is 354 g/mol. The van der Waals surface area contributed by atoms with E-state index in [-0.39, 0.29) is 12.5 Å². The zero-order chi connectivity index (χ0) is 18.5. The number of benzene rings is 2. The van der Waals surface area contributed by atoms with Gasteiger partial charge in [-0.25, -0.2) is 0 Å². The van der Waals surface area contributed by atoms with Crippen LogP contribution in [-0.2, 0) is 11.2 Å². The van der Waals surface area contributed by atoms with Gasteiger partial charge in [-0.1, -0.05) is 24.6 Å².